The SMILES string of the molecule is CC(N)CN(C)Cc1ccc(C(C)C)cc1. The first-order valence-electron chi connectivity index (χ1n) is 6.02. The average molecular weight is 220 g/mol. The van der Waals surface area contributed by atoms with Crippen molar-refractivity contribution in [1.82, 2.24) is 4.90 Å². The molecule has 0 spiro atoms. The van der Waals surface area contributed by atoms with Crippen molar-refractivity contribution in [3.8, 4) is 0 Å². The van der Waals surface area contributed by atoms with Crippen LogP contribution >= 0.6 is 0 Å². The third kappa shape index (κ3) is 4.33. The van der Waals surface area contributed by atoms with Gasteiger partial charge in [-0.2, -0.15) is 0 Å². The van der Waals surface area contributed by atoms with Gasteiger partial charge in [0.15, 0.2) is 0 Å². The van der Waals surface area contributed by atoms with Crippen LogP contribution in [0, 0.1) is 0 Å². The zero-order valence-electron chi connectivity index (χ0n) is 10.9. The van der Waals surface area contributed by atoms with E-state index < -0.39 is 0 Å². The number of nitrogens with zero attached hydrogens (tertiary/aromatic N) is 1. The van der Waals surface area contributed by atoms with Crippen molar-refractivity contribution in [3.05, 3.63) is 35.4 Å². The highest BCUT2D eigenvalue weighted by Crippen LogP contribution is 2.15. The standard InChI is InChI=1S/C14H24N2/c1-11(2)14-7-5-13(6-8-14)10-16(4)9-12(3)15/h5-8,11-12H,9-10,15H2,1-4H3. The van der Waals surface area contributed by atoms with E-state index in [1.54, 1.807) is 0 Å². The normalized spacial score (nSPS) is 13.4. The van der Waals surface area contributed by atoms with E-state index >= 15 is 0 Å². The van der Waals surface area contributed by atoms with Gasteiger partial charge in [-0.3, -0.25) is 0 Å². The minimum atomic E-state index is 0.236. The van der Waals surface area contributed by atoms with Gasteiger partial charge in [0.05, 0.1) is 0 Å². The molecule has 1 unspecified atom stereocenters. The maximum atomic E-state index is 5.77. The van der Waals surface area contributed by atoms with Gasteiger partial charge in [0.25, 0.3) is 0 Å². The summed E-state index contributed by atoms with van der Waals surface area (Å²) in [6.45, 7) is 8.39. The first-order valence-corrected chi connectivity index (χ1v) is 6.02. The fraction of sp³-hybridized carbons (Fsp3) is 0.571. The van der Waals surface area contributed by atoms with Crippen LogP contribution in [0.3, 0.4) is 0 Å². The van der Waals surface area contributed by atoms with Gasteiger partial charge < -0.3 is 10.6 Å². The molecule has 0 saturated carbocycles. The minimum Gasteiger partial charge on any atom is -0.327 e. The molecule has 2 heteroatoms. The summed E-state index contributed by atoms with van der Waals surface area (Å²) >= 11 is 0. The lowest BCUT2D eigenvalue weighted by Gasteiger charge is -2.19. The van der Waals surface area contributed by atoms with Crippen molar-refractivity contribution in [2.45, 2.75) is 39.3 Å². The molecule has 1 aromatic carbocycles. The quantitative estimate of drug-likeness (QED) is 0.826. The van der Waals surface area contributed by atoms with Gasteiger partial charge >= 0.3 is 0 Å². The van der Waals surface area contributed by atoms with Gasteiger partial charge in [0, 0.05) is 19.1 Å². The third-order valence-corrected chi connectivity index (χ3v) is 2.70. The van der Waals surface area contributed by atoms with Crippen molar-refractivity contribution in [2.75, 3.05) is 13.6 Å². The molecule has 0 bridgehead atoms. The van der Waals surface area contributed by atoms with Crippen LogP contribution in [0.25, 0.3) is 0 Å². The van der Waals surface area contributed by atoms with Crippen LogP contribution in [0.4, 0.5) is 0 Å². The van der Waals surface area contributed by atoms with E-state index in [9.17, 15) is 0 Å². The number of rotatable bonds is 5. The molecule has 2 N–H and O–H groups in total. The Morgan fingerprint density at radius 3 is 2.12 bits per heavy atom. The second-order valence-electron chi connectivity index (χ2n) is 5.07. The largest absolute Gasteiger partial charge is 0.327 e. The van der Waals surface area contributed by atoms with Crippen LogP contribution in [0.1, 0.15) is 37.8 Å². The summed E-state index contributed by atoms with van der Waals surface area (Å²) < 4.78 is 0. The zero-order valence-corrected chi connectivity index (χ0v) is 10.9. The Kier molecular flexibility index (Phi) is 4.97. The second-order valence-corrected chi connectivity index (χ2v) is 5.07. The summed E-state index contributed by atoms with van der Waals surface area (Å²) in [4.78, 5) is 2.26. The Morgan fingerprint density at radius 2 is 1.69 bits per heavy atom. The Bertz CT molecular complexity index is 301. The molecular weight excluding hydrogens is 196 g/mol. The molecule has 0 aliphatic carbocycles. The molecular formula is C14H24N2. The van der Waals surface area contributed by atoms with Crippen molar-refractivity contribution in [3.63, 3.8) is 0 Å². The van der Waals surface area contributed by atoms with Gasteiger partial charge in [-0.1, -0.05) is 38.1 Å². The van der Waals surface area contributed by atoms with Crippen molar-refractivity contribution < 1.29 is 0 Å². The lowest BCUT2D eigenvalue weighted by atomic mass is 10.0. The molecule has 1 atom stereocenters. The van der Waals surface area contributed by atoms with Crippen molar-refractivity contribution in [1.29, 1.82) is 0 Å². The van der Waals surface area contributed by atoms with E-state index in [0.717, 1.165) is 13.1 Å². The Morgan fingerprint density at radius 1 is 1.12 bits per heavy atom. The van der Waals surface area contributed by atoms with E-state index in [1.165, 1.54) is 11.1 Å². The van der Waals surface area contributed by atoms with Crippen LogP contribution in [0.2, 0.25) is 0 Å². The molecule has 0 aliphatic heterocycles. The molecule has 0 saturated heterocycles. The smallest absolute Gasteiger partial charge is 0.0231 e. The van der Waals surface area contributed by atoms with E-state index in [2.05, 4.69) is 50.1 Å². The highest BCUT2D eigenvalue weighted by atomic mass is 15.1. The van der Waals surface area contributed by atoms with Crippen molar-refractivity contribution >= 4 is 0 Å². The number of hydrogen-bond donors (Lipinski definition) is 1. The average Bonchev–Trinajstić information content (AvgIpc) is 2.16. The molecule has 90 valence electrons. The van der Waals surface area contributed by atoms with Crippen molar-refractivity contribution in [2.24, 2.45) is 5.73 Å². The highest BCUT2D eigenvalue weighted by molar-refractivity contribution is 5.24. The number of nitrogens with two attached hydrogens (primary N) is 1. The monoisotopic (exact) mass is 220 g/mol. The lowest BCUT2D eigenvalue weighted by Crippen LogP contribution is -2.32. The first-order chi connectivity index (χ1) is 7.49. The Balaban J connectivity index is 2.55. The second kappa shape index (κ2) is 6.02. The molecule has 0 fully saturated rings. The Labute approximate surface area is 99.5 Å². The lowest BCUT2D eigenvalue weighted by molar-refractivity contribution is 0.310. The summed E-state index contributed by atoms with van der Waals surface area (Å²) in [7, 11) is 2.11. The van der Waals surface area contributed by atoms with Gasteiger partial charge in [0.2, 0.25) is 0 Å². The molecule has 0 radical (unpaired) electrons. The summed E-state index contributed by atoms with van der Waals surface area (Å²) in [5.74, 6) is 0.607. The van der Waals surface area contributed by atoms with E-state index in [0.29, 0.717) is 5.92 Å². The Hall–Kier alpha value is -0.860. The topological polar surface area (TPSA) is 29.3 Å². The van der Waals surface area contributed by atoms with Gasteiger partial charge in [-0.05, 0) is 31.0 Å². The van der Waals surface area contributed by atoms with Crippen LogP contribution in [0.15, 0.2) is 24.3 Å². The third-order valence-electron chi connectivity index (χ3n) is 2.70. The summed E-state index contributed by atoms with van der Waals surface area (Å²) in [6.07, 6.45) is 0. The van der Waals surface area contributed by atoms with Gasteiger partial charge in [-0.25, -0.2) is 0 Å². The molecule has 0 aliphatic rings. The number of hydrogen-bond acceptors (Lipinski definition) is 2. The van der Waals surface area contributed by atoms with Gasteiger partial charge in [-0.15, -0.1) is 0 Å². The summed E-state index contributed by atoms with van der Waals surface area (Å²) in [5, 5.41) is 0. The van der Waals surface area contributed by atoms with E-state index in [1.807, 2.05) is 6.92 Å². The molecule has 1 aromatic rings. The molecule has 0 amide bonds. The summed E-state index contributed by atoms with van der Waals surface area (Å²) in [6, 6.07) is 9.11. The summed E-state index contributed by atoms with van der Waals surface area (Å²) in [5.41, 5.74) is 8.52. The van der Waals surface area contributed by atoms with Crippen LogP contribution in [0.5, 0.6) is 0 Å². The van der Waals surface area contributed by atoms with Gasteiger partial charge in [0.1, 0.15) is 0 Å². The maximum absolute atomic E-state index is 5.77. The predicted molar refractivity (Wildman–Crippen MR) is 70.5 cm³/mol. The predicted octanol–water partition coefficient (Wildman–Crippen LogP) is 2.59. The fourth-order valence-corrected chi connectivity index (χ4v) is 1.88. The van der Waals surface area contributed by atoms with Crippen LogP contribution in [-0.4, -0.2) is 24.5 Å². The number of benzene rings is 1. The maximum Gasteiger partial charge on any atom is 0.0231 e. The molecule has 0 heterocycles. The molecule has 1 rings (SSSR count). The van der Waals surface area contributed by atoms with E-state index in [4.69, 9.17) is 5.73 Å². The van der Waals surface area contributed by atoms with E-state index in [-0.39, 0.29) is 6.04 Å². The first kappa shape index (κ1) is 13.2. The number of likely N-dealkylation sites (N-methyl/N-ethyl adjacent to an activating group) is 1. The van der Waals surface area contributed by atoms with Crippen LogP contribution in [-0.2, 0) is 6.54 Å². The fourth-order valence-electron chi connectivity index (χ4n) is 1.88. The van der Waals surface area contributed by atoms with Crippen LogP contribution < -0.4 is 5.73 Å². The molecule has 16 heavy (non-hydrogen) atoms. The molecule has 2 nitrogen and oxygen atoms in total. The highest BCUT2D eigenvalue weighted by Gasteiger charge is 2.04. The zero-order chi connectivity index (χ0) is 12.1. The molecule has 0 aromatic heterocycles. The minimum absolute atomic E-state index is 0.236.